The standard InChI is InChI=1S/C48H33N3S/c1-5-15-34(16-6-1)50(35-17-7-2-8-18-35)38-26-28-42-41-27-25-33(29-46(41)52-47(42)32-38)43-30-39(31-44-40-23-13-14-24-45(40)49-48(43)44)51(36-19-9-3-10-20-36)37-21-11-4-12-22-37/h1-32,49H. The second-order valence-corrected chi connectivity index (χ2v) is 14.2. The third-order valence-corrected chi connectivity index (χ3v) is 11.1. The molecule has 0 aliphatic rings. The van der Waals surface area contributed by atoms with E-state index in [-0.39, 0.29) is 0 Å². The van der Waals surface area contributed by atoms with Crippen LogP contribution in [0.25, 0.3) is 53.1 Å². The molecule has 52 heavy (non-hydrogen) atoms. The van der Waals surface area contributed by atoms with Gasteiger partial charge in [-0.25, -0.2) is 0 Å². The zero-order valence-corrected chi connectivity index (χ0v) is 29.1. The second kappa shape index (κ2) is 12.6. The number of anilines is 6. The number of hydrogen-bond acceptors (Lipinski definition) is 3. The van der Waals surface area contributed by atoms with E-state index in [1.54, 1.807) is 0 Å². The Balaban J connectivity index is 1.15. The summed E-state index contributed by atoms with van der Waals surface area (Å²) in [6.45, 7) is 0. The van der Waals surface area contributed by atoms with Crippen molar-refractivity contribution in [2.45, 2.75) is 0 Å². The largest absolute Gasteiger partial charge is 0.354 e. The minimum absolute atomic E-state index is 1.12. The summed E-state index contributed by atoms with van der Waals surface area (Å²) in [7, 11) is 0. The quantitative estimate of drug-likeness (QED) is 0.181. The molecule has 2 aromatic heterocycles. The van der Waals surface area contributed by atoms with Gasteiger partial charge in [-0.1, -0.05) is 109 Å². The van der Waals surface area contributed by atoms with E-state index < -0.39 is 0 Å². The Bertz CT molecular complexity index is 2760. The molecular weight excluding hydrogens is 651 g/mol. The van der Waals surface area contributed by atoms with Gasteiger partial charge in [-0.2, -0.15) is 0 Å². The number of thiophene rings is 1. The summed E-state index contributed by atoms with van der Waals surface area (Å²) < 4.78 is 2.54. The molecule has 0 bridgehead atoms. The third kappa shape index (κ3) is 5.20. The number of nitrogens with zero attached hydrogens (tertiary/aromatic N) is 2. The topological polar surface area (TPSA) is 22.3 Å². The van der Waals surface area contributed by atoms with E-state index in [1.807, 2.05) is 11.3 Å². The molecule has 2 heterocycles. The van der Waals surface area contributed by atoms with Crippen molar-refractivity contribution in [1.82, 2.24) is 4.98 Å². The summed E-state index contributed by atoms with van der Waals surface area (Å²) in [4.78, 5) is 8.48. The molecule has 0 aliphatic carbocycles. The number of para-hydroxylation sites is 5. The Morgan fingerprint density at radius 1 is 0.346 bits per heavy atom. The lowest BCUT2D eigenvalue weighted by Crippen LogP contribution is -2.09. The Hall–Kier alpha value is -6.62. The SMILES string of the molecule is c1ccc(N(c2ccccc2)c2ccc3c(c2)sc2cc(-c4cc(N(c5ccccc5)c5ccccc5)cc5c4[nH]c4ccccc45)ccc23)cc1. The molecule has 0 radical (unpaired) electrons. The van der Waals surface area contributed by atoms with E-state index in [1.165, 1.54) is 42.1 Å². The lowest BCUT2D eigenvalue weighted by Gasteiger charge is -2.26. The molecule has 10 aromatic rings. The first-order chi connectivity index (χ1) is 25.8. The van der Waals surface area contributed by atoms with Crippen molar-refractivity contribution in [3.05, 3.63) is 194 Å². The van der Waals surface area contributed by atoms with Gasteiger partial charge < -0.3 is 14.8 Å². The highest BCUT2D eigenvalue weighted by molar-refractivity contribution is 7.25. The first-order valence-electron chi connectivity index (χ1n) is 17.6. The van der Waals surface area contributed by atoms with E-state index in [0.29, 0.717) is 0 Å². The maximum atomic E-state index is 3.80. The van der Waals surface area contributed by atoms with Gasteiger partial charge in [0, 0.05) is 76.1 Å². The van der Waals surface area contributed by atoms with Crippen molar-refractivity contribution in [3.8, 4) is 11.1 Å². The number of H-pyrrole nitrogens is 1. The maximum absolute atomic E-state index is 3.80. The average Bonchev–Trinajstić information content (AvgIpc) is 3.77. The Labute approximate surface area is 306 Å². The average molecular weight is 684 g/mol. The molecule has 0 amide bonds. The van der Waals surface area contributed by atoms with Crippen molar-refractivity contribution < 1.29 is 0 Å². The predicted molar refractivity (Wildman–Crippen MR) is 223 cm³/mol. The molecule has 8 aromatic carbocycles. The summed E-state index contributed by atoms with van der Waals surface area (Å²) in [5, 5.41) is 4.99. The smallest absolute Gasteiger partial charge is 0.0546 e. The molecule has 3 nitrogen and oxygen atoms in total. The van der Waals surface area contributed by atoms with Crippen molar-refractivity contribution in [1.29, 1.82) is 0 Å². The molecule has 0 fully saturated rings. The lowest BCUT2D eigenvalue weighted by molar-refractivity contribution is 1.29. The molecule has 246 valence electrons. The number of aromatic nitrogens is 1. The number of fused-ring (bicyclic) bond motifs is 6. The number of hydrogen-bond donors (Lipinski definition) is 1. The van der Waals surface area contributed by atoms with Crippen LogP contribution >= 0.6 is 11.3 Å². The summed E-state index contributed by atoms with van der Waals surface area (Å²) in [5.41, 5.74) is 11.4. The normalized spacial score (nSPS) is 11.5. The minimum atomic E-state index is 1.12. The van der Waals surface area contributed by atoms with Gasteiger partial charge in [0.25, 0.3) is 0 Å². The van der Waals surface area contributed by atoms with Crippen LogP contribution in [0.5, 0.6) is 0 Å². The Morgan fingerprint density at radius 3 is 1.44 bits per heavy atom. The van der Waals surface area contributed by atoms with Crippen LogP contribution in [0.4, 0.5) is 34.1 Å². The fourth-order valence-electron chi connectivity index (χ4n) is 7.57. The molecule has 0 spiro atoms. The van der Waals surface area contributed by atoms with Gasteiger partial charge in [-0.05, 0) is 90.5 Å². The van der Waals surface area contributed by atoms with E-state index in [2.05, 4.69) is 209 Å². The van der Waals surface area contributed by atoms with Gasteiger partial charge >= 0.3 is 0 Å². The van der Waals surface area contributed by atoms with Crippen molar-refractivity contribution in [2.75, 3.05) is 9.80 Å². The van der Waals surface area contributed by atoms with Crippen LogP contribution in [-0.4, -0.2) is 4.98 Å². The Kier molecular flexibility index (Phi) is 7.33. The fourth-order valence-corrected chi connectivity index (χ4v) is 8.75. The third-order valence-electron chi connectivity index (χ3n) is 9.94. The summed E-state index contributed by atoms with van der Waals surface area (Å²) in [6, 6.07) is 69.7. The zero-order chi connectivity index (χ0) is 34.4. The van der Waals surface area contributed by atoms with Crippen LogP contribution in [0.15, 0.2) is 194 Å². The van der Waals surface area contributed by atoms with Crippen molar-refractivity contribution >= 4 is 87.4 Å². The van der Waals surface area contributed by atoms with Gasteiger partial charge in [-0.3, -0.25) is 0 Å². The summed E-state index contributed by atoms with van der Waals surface area (Å²) in [5.74, 6) is 0. The van der Waals surface area contributed by atoms with E-state index in [0.717, 1.165) is 45.2 Å². The van der Waals surface area contributed by atoms with Crippen LogP contribution < -0.4 is 9.80 Å². The molecule has 0 aliphatic heterocycles. The molecule has 0 atom stereocenters. The number of nitrogens with one attached hydrogen (secondary N) is 1. The predicted octanol–water partition coefficient (Wildman–Crippen LogP) is 14.3. The van der Waals surface area contributed by atoms with Gasteiger partial charge in [0.15, 0.2) is 0 Å². The van der Waals surface area contributed by atoms with Gasteiger partial charge in [0.05, 0.1) is 5.52 Å². The zero-order valence-electron chi connectivity index (χ0n) is 28.3. The van der Waals surface area contributed by atoms with Crippen LogP contribution in [0.3, 0.4) is 0 Å². The number of aromatic amines is 1. The van der Waals surface area contributed by atoms with Crippen molar-refractivity contribution in [2.24, 2.45) is 0 Å². The minimum Gasteiger partial charge on any atom is -0.354 e. The van der Waals surface area contributed by atoms with E-state index >= 15 is 0 Å². The van der Waals surface area contributed by atoms with Crippen LogP contribution in [-0.2, 0) is 0 Å². The fraction of sp³-hybridized carbons (Fsp3) is 0. The van der Waals surface area contributed by atoms with Crippen LogP contribution in [0.1, 0.15) is 0 Å². The number of rotatable bonds is 7. The summed E-state index contributed by atoms with van der Waals surface area (Å²) >= 11 is 1.86. The van der Waals surface area contributed by atoms with Gasteiger partial charge in [0.2, 0.25) is 0 Å². The van der Waals surface area contributed by atoms with Crippen molar-refractivity contribution in [3.63, 3.8) is 0 Å². The monoisotopic (exact) mass is 683 g/mol. The molecule has 1 N–H and O–H groups in total. The van der Waals surface area contributed by atoms with Gasteiger partial charge in [0.1, 0.15) is 0 Å². The first-order valence-corrected chi connectivity index (χ1v) is 18.4. The van der Waals surface area contributed by atoms with E-state index in [9.17, 15) is 0 Å². The van der Waals surface area contributed by atoms with Crippen LogP contribution in [0, 0.1) is 0 Å². The highest BCUT2D eigenvalue weighted by Crippen LogP contribution is 2.45. The maximum Gasteiger partial charge on any atom is 0.0546 e. The first kappa shape index (κ1) is 30.2. The second-order valence-electron chi connectivity index (χ2n) is 13.1. The Morgan fingerprint density at radius 2 is 0.846 bits per heavy atom. The molecule has 0 saturated heterocycles. The molecule has 10 rings (SSSR count). The molecule has 0 saturated carbocycles. The highest BCUT2D eigenvalue weighted by Gasteiger charge is 2.19. The van der Waals surface area contributed by atoms with Gasteiger partial charge in [-0.15, -0.1) is 11.3 Å². The summed E-state index contributed by atoms with van der Waals surface area (Å²) in [6.07, 6.45) is 0. The molecular formula is C48H33N3S. The van der Waals surface area contributed by atoms with E-state index in [4.69, 9.17) is 0 Å². The highest BCUT2D eigenvalue weighted by atomic mass is 32.1. The molecule has 4 heteroatoms. The van der Waals surface area contributed by atoms with Crippen LogP contribution in [0.2, 0.25) is 0 Å². The molecule has 0 unspecified atom stereocenters. The lowest BCUT2D eigenvalue weighted by atomic mass is 9.99. The number of benzene rings is 8.